The van der Waals surface area contributed by atoms with Gasteiger partial charge in [-0.15, -0.1) is 0 Å². The highest BCUT2D eigenvalue weighted by molar-refractivity contribution is 6.30. The fourth-order valence-electron chi connectivity index (χ4n) is 3.02. The van der Waals surface area contributed by atoms with Gasteiger partial charge in [-0.25, -0.2) is 9.97 Å². The maximum Gasteiger partial charge on any atom is 0.254 e. The second kappa shape index (κ2) is 8.14. The lowest BCUT2D eigenvalue weighted by Gasteiger charge is -2.33. The molecule has 1 fully saturated rings. The van der Waals surface area contributed by atoms with Crippen molar-refractivity contribution < 1.29 is 9.59 Å². The number of amides is 2. The minimum Gasteiger partial charge on any atom is -0.355 e. The molecule has 3 heterocycles. The second-order valence-electron chi connectivity index (χ2n) is 6.09. The Morgan fingerprint density at radius 1 is 1.27 bits per heavy atom. The van der Waals surface area contributed by atoms with E-state index in [1.165, 1.54) is 6.20 Å². The van der Waals surface area contributed by atoms with Gasteiger partial charge in [-0.2, -0.15) is 0 Å². The van der Waals surface area contributed by atoms with Gasteiger partial charge >= 0.3 is 0 Å². The molecule has 1 atom stereocenters. The summed E-state index contributed by atoms with van der Waals surface area (Å²) < 4.78 is 0. The van der Waals surface area contributed by atoms with E-state index in [1.54, 1.807) is 37.5 Å². The summed E-state index contributed by atoms with van der Waals surface area (Å²) >= 11 is 5.81. The molecule has 0 aliphatic carbocycles. The van der Waals surface area contributed by atoms with Crippen LogP contribution in [0, 0.1) is 5.92 Å². The average Bonchev–Trinajstić information content (AvgIpc) is 2.69. The molecular formula is C18H20ClN5O2. The number of piperidine rings is 1. The first-order chi connectivity index (χ1) is 12.6. The van der Waals surface area contributed by atoms with Crippen molar-refractivity contribution in [2.24, 2.45) is 5.92 Å². The van der Waals surface area contributed by atoms with Crippen LogP contribution in [0.2, 0.25) is 5.02 Å². The molecule has 26 heavy (non-hydrogen) atoms. The molecule has 0 radical (unpaired) electrons. The summed E-state index contributed by atoms with van der Waals surface area (Å²) in [6.07, 6.45) is 4.77. The zero-order valence-electron chi connectivity index (χ0n) is 14.4. The molecule has 1 saturated heterocycles. The third-order valence-electron chi connectivity index (χ3n) is 4.33. The van der Waals surface area contributed by atoms with Gasteiger partial charge in [-0.3, -0.25) is 9.59 Å². The van der Waals surface area contributed by atoms with Gasteiger partial charge in [0.2, 0.25) is 5.91 Å². The number of carbonyl (C=O) groups is 2. The van der Waals surface area contributed by atoms with E-state index >= 15 is 0 Å². The molecule has 1 aliphatic rings. The predicted octanol–water partition coefficient (Wildman–Crippen LogP) is 2.34. The number of nitrogens with one attached hydrogen (secondary N) is 2. The molecule has 0 aromatic carbocycles. The van der Waals surface area contributed by atoms with E-state index in [9.17, 15) is 9.59 Å². The van der Waals surface area contributed by atoms with Crippen LogP contribution in [0.15, 0.2) is 36.7 Å². The Bertz CT molecular complexity index is 796. The monoisotopic (exact) mass is 373 g/mol. The van der Waals surface area contributed by atoms with Crippen molar-refractivity contribution in [1.82, 2.24) is 15.3 Å². The first kappa shape index (κ1) is 18.1. The van der Waals surface area contributed by atoms with Crippen LogP contribution in [-0.2, 0) is 4.79 Å². The Morgan fingerprint density at radius 3 is 2.85 bits per heavy atom. The Morgan fingerprint density at radius 2 is 2.12 bits per heavy atom. The largest absolute Gasteiger partial charge is 0.355 e. The number of hydrogen-bond acceptors (Lipinski definition) is 5. The average molecular weight is 374 g/mol. The molecule has 0 bridgehead atoms. The molecule has 3 rings (SSSR count). The van der Waals surface area contributed by atoms with Crippen molar-refractivity contribution >= 4 is 35.1 Å². The first-order valence-electron chi connectivity index (χ1n) is 8.43. The minimum absolute atomic E-state index is 0.0954. The molecule has 2 aromatic heterocycles. The molecule has 136 valence electrons. The summed E-state index contributed by atoms with van der Waals surface area (Å²) in [4.78, 5) is 35.1. The van der Waals surface area contributed by atoms with Gasteiger partial charge in [-0.05, 0) is 37.1 Å². The van der Waals surface area contributed by atoms with E-state index in [2.05, 4.69) is 20.6 Å². The Balaban J connectivity index is 1.72. The Hall–Kier alpha value is -2.67. The standard InChI is InChI=1S/C18H20ClN5O2/c1-20-18(26)14-5-2-8-21-16(14)24-9-3-4-12(11-24)17(25)23-15-7-6-13(19)10-22-15/h2,5-8,10,12H,3-4,9,11H2,1H3,(H,20,26)(H,22,23,25). The summed E-state index contributed by atoms with van der Waals surface area (Å²) in [5.74, 6) is 0.585. The molecule has 2 amide bonds. The maximum absolute atomic E-state index is 12.6. The SMILES string of the molecule is CNC(=O)c1cccnc1N1CCCC(C(=O)Nc2ccc(Cl)cn2)C1. The van der Waals surface area contributed by atoms with Gasteiger partial charge in [-0.1, -0.05) is 11.6 Å². The van der Waals surface area contributed by atoms with Crippen molar-refractivity contribution in [3.63, 3.8) is 0 Å². The van der Waals surface area contributed by atoms with Crippen molar-refractivity contribution in [2.75, 3.05) is 30.4 Å². The van der Waals surface area contributed by atoms with Crippen LogP contribution in [0.1, 0.15) is 23.2 Å². The summed E-state index contributed by atoms with van der Waals surface area (Å²) in [5, 5.41) is 5.97. The number of nitrogens with zero attached hydrogens (tertiary/aromatic N) is 3. The van der Waals surface area contributed by atoms with Crippen molar-refractivity contribution in [3.05, 3.63) is 47.2 Å². The summed E-state index contributed by atoms with van der Waals surface area (Å²) in [5.41, 5.74) is 0.510. The Kier molecular flexibility index (Phi) is 5.68. The normalized spacial score (nSPS) is 16.8. The molecule has 7 nitrogen and oxygen atoms in total. The van der Waals surface area contributed by atoms with Crippen molar-refractivity contribution in [3.8, 4) is 0 Å². The van der Waals surface area contributed by atoms with E-state index in [1.807, 2.05) is 4.90 Å². The highest BCUT2D eigenvalue weighted by Crippen LogP contribution is 2.25. The molecule has 2 N–H and O–H groups in total. The zero-order valence-corrected chi connectivity index (χ0v) is 15.2. The fraction of sp³-hybridized carbons (Fsp3) is 0.333. The minimum atomic E-state index is -0.208. The highest BCUT2D eigenvalue weighted by Gasteiger charge is 2.28. The van der Waals surface area contributed by atoms with Gasteiger partial charge in [0.25, 0.3) is 5.91 Å². The smallest absolute Gasteiger partial charge is 0.254 e. The quantitative estimate of drug-likeness (QED) is 0.859. The third-order valence-corrected chi connectivity index (χ3v) is 4.55. The van der Waals surface area contributed by atoms with E-state index in [0.29, 0.717) is 28.8 Å². The van der Waals surface area contributed by atoms with E-state index < -0.39 is 0 Å². The predicted molar refractivity (Wildman–Crippen MR) is 100 cm³/mol. The molecule has 1 unspecified atom stereocenters. The molecule has 0 saturated carbocycles. The number of carbonyl (C=O) groups excluding carboxylic acids is 2. The molecule has 2 aromatic rings. The third kappa shape index (κ3) is 4.11. The summed E-state index contributed by atoms with van der Waals surface area (Å²) in [6, 6.07) is 6.82. The topological polar surface area (TPSA) is 87.2 Å². The lowest BCUT2D eigenvalue weighted by atomic mass is 9.96. The van der Waals surface area contributed by atoms with Crippen LogP contribution in [-0.4, -0.2) is 41.9 Å². The molecule has 0 spiro atoms. The van der Waals surface area contributed by atoms with E-state index in [4.69, 9.17) is 11.6 Å². The number of anilines is 2. The van der Waals surface area contributed by atoms with Crippen LogP contribution in [0.3, 0.4) is 0 Å². The highest BCUT2D eigenvalue weighted by atomic mass is 35.5. The van der Waals surface area contributed by atoms with Gasteiger partial charge in [0.15, 0.2) is 0 Å². The summed E-state index contributed by atoms with van der Waals surface area (Å²) in [6.45, 7) is 1.25. The van der Waals surface area contributed by atoms with Gasteiger partial charge < -0.3 is 15.5 Å². The van der Waals surface area contributed by atoms with Crippen LogP contribution in [0.5, 0.6) is 0 Å². The van der Waals surface area contributed by atoms with Crippen LogP contribution in [0.25, 0.3) is 0 Å². The number of hydrogen-bond donors (Lipinski definition) is 2. The molecule has 8 heteroatoms. The van der Waals surface area contributed by atoms with Crippen LogP contribution < -0.4 is 15.5 Å². The first-order valence-corrected chi connectivity index (χ1v) is 8.80. The number of halogens is 1. The number of aromatic nitrogens is 2. The summed E-state index contributed by atoms with van der Waals surface area (Å²) in [7, 11) is 1.59. The van der Waals surface area contributed by atoms with Gasteiger partial charge in [0.05, 0.1) is 16.5 Å². The maximum atomic E-state index is 12.6. The number of pyridine rings is 2. The van der Waals surface area contributed by atoms with Crippen LogP contribution in [0.4, 0.5) is 11.6 Å². The van der Waals surface area contributed by atoms with Gasteiger partial charge in [0.1, 0.15) is 11.6 Å². The number of rotatable bonds is 4. The second-order valence-corrected chi connectivity index (χ2v) is 6.53. The Labute approximate surface area is 156 Å². The lowest BCUT2D eigenvalue weighted by molar-refractivity contribution is -0.120. The lowest BCUT2D eigenvalue weighted by Crippen LogP contribution is -2.42. The van der Waals surface area contributed by atoms with E-state index in [0.717, 1.165) is 19.4 Å². The van der Waals surface area contributed by atoms with Crippen molar-refractivity contribution in [1.29, 1.82) is 0 Å². The zero-order chi connectivity index (χ0) is 18.5. The van der Waals surface area contributed by atoms with Gasteiger partial charge in [0, 0.05) is 32.5 Å². The van der Waals surface area contributed by atoms with Crippen LogP contribution >= 0.6 is 11.6 Å². The van der Waals surface area contributed by atoms with E-state index in [-0.39, 0.29) is 17.7 Å². The molecular weight excluding hydrogens is 354 g/mol. The fourth-order valence-corrected chi connectivity index (χ4v) is 3.13. The molecule has 1 aliphatic heterocycles. The van der Waals surface area contributed by atoms with Crippen molar-refractivity contribution in [2.45, 2.75) is 12.8 Å².